The summed E-state index contributed by atoms with van der Waals surface area (Å²) in [5, 5.41) is 0. The third-order valence-electron chi connectivity index (χ3n) is 4.12. The third kappa shape index (κ3) is 2.36. The van der Waals surface area contributed by atoms with Crippen molar-refractivity contribution >= 4 is 6.08 Å². The first-order chi connectivity index (χ1) is 8.33. The molecule has 0 spiro atoms. The van der Waals surface area contributed by atoms with E-state index in [-0.39, 0.29) is 0 Å². The fourth-order valence-electron chi connectivity index (χ4n) is 3.33. The zero-order valence-electron chi connectivity index (χ0n) is 10.1. The predicted octanol–water partition coefficient (Wildman–Crippen LogP) is 3.68. The molecule has 0 aromatic carbocycles. The van der Waals surface area contributed by atoms with E-state index in [1.807, 2.05) is 18.2 Å². The van der Waals surface area contributed by atoms with Crippen molar-refractivity contribution in [1.82, 2.24) is 4.98 Å². The second kappa shape index (κ2) is 4.52. The van der Waals surface area contributed by atoms with E-state index in [9.17, 15) is 0 Å². The molecule has 2 nitrogen and oxygen atoms in total. The summed E-state index contributed by atoms with van der Waals surface area (Å²) in [6.07, 6.45) is 10.7. The van der Waals surface area contributed by atoms with Gasteiger partial charge < -0.3 is 4.74 Å². The Balaban J connectivity index is 1.68. The molecule has 2 saturated carbocycles. The van der Waals surface area contributed by atoms with Crippen LogP contribution in [0.5, 0.6) is 5.88 Å². The zero-order chi connectivity index (χ0) is 11.7. The van der Waals surface area contributed by atoms with Crippen molar-refractivity contribution in [2.75, 3.05) is 0 Å². The number of hydrogen-bond acceptors (Lipinski definition) is 2. The van der Waals surface area contributed by atoms with E-state index in [4.69, 9.17) is 4.74 Å². The quantitative estimate of drug-likeness (QED) is 0.788. The highest BCUT2D eigenvalue weighted by Gasteiger charge is 2.35. The van der Waals surface area contributed by atoms with Crippen molar-refractivity contribution in [1.29, 1.82) is 0 Å². The summed E-state index contributed by atoms with van der Waals surface area (Å²) in [4.78, 5) is 4.28. The van der Waals surface area contributed by atoms with Crippen LogP contribution in [0, 0.1) is 11.8 Å². The molecular formula is C15H19NO. The molecule has 2 fully saturated rings. The number of hydrogen-bond donors (Lipinski definition) is 0. The fourth-order valence-corrected chi connectivity index (χ4v) is 3.33. The second-order valence-corrected chi connectivity index (χ2v) is 5.39. The Labute approximate surface area is 103 Å². The second-order valence-electron chi connectivity index (χ2n) is 5.39. The van der Waals surface area contributed by atoms with Crippen molar-refractivity contribution in [2.45, 2.75) is 38.2 Å². The molecule has 1 aromatic rings. The lowest BCUT2D eigenvalue weighted by atomic mass is 9.87. The highest BCUT2D eigenvalue weighted by Crippen LogP contribution is 2.42. The Hall–Kier alpha value is -1.31. The minimum atomic E-state index is 0.383. The van der Waals surface area contributed by atoms with Crippen LogP contribution in [0.4, 0.5) is 0 Å². The topological polar surface area (TPSA) is 22.1 Å². The molecule has 3 atom stereocenters. The van der Waals surface area contributed by atoms with Gasteiger partial charge in [0.15, 0.2) is 0 Å². The van der Waals surface area contributed by atoms with E-state index in [1.54, 1.807) is 6.20 Å². The van der Waals surface area contributed by atoms with Crippen molar-refractivity contribution in [3.8, 4) is 5.88 Å². The minimum absolute atomic E-state index is 0.383. The van der Waals surface area contributed by atoms with E-state index in [2.05, 4.69) is 11.6 Å². The van der Waals surface area contributed by atoms with Gasteiger partial charge >= 0.3 is 0 Å². The fraction of sp³-hybridized carbons (Fsp3) is 0.533. The van der Waals surface area contributed by atoms with Crippen molar-refractivity contribution in [2.24, 2.45) is 11.8 Å². The summed E-state index contributed by atoms with van der Waals surface area (Å²) in [5.74, 6) is 2.57. The first-order valence-electron chi connectivity index (χ1n) is 6.58. The highest BCUT2D eigenvalue weighted by atomic mass is 16.5. The van der Waals surface area contributed by atoms with Crippen molar-refractivity contribution in [3.63, 3.8) is 0 Å². The van der Waals surface area contributed by atoms with Gasteiger partial charge in [0.25, 0.3) is 0 Å². The van der Waals surface area contributed by atoms with Gasteiger partial charge in [0.1, 0.15) is 6.10 Å². The van der Waals surface area contributed by atoms with Crippen LogP contribution in [0.15, 0.2) is 24.9 Å². The molecule has 0 radical (unpaired) electrons. The van der Waals surface area contributed by atoms with E-state index in [1.165, 1.54) is 32.1 Å². The number of aromatic nitrogens is 1. The van der Waals surface area contributed by atoms with Crippen LogP contribution in [0.1, 0.15) is 37.7 Å². The lowest BCUT2D eigenvalue weighted by molar-refractivity contribution is 0.114. The average molecular weight is 229 g/mol. The van der Waals surface area contributed by atoms with Gasteiger partial charge in [-0.2, -0.15) is 0 Å². The third-order valence-corrected chi connectivity index (χ3v) is 4.12. The molecular weight excluding hydrogens is 210 g/mol. The largest absolute Gasteiger partial charge is 0.474 e. The molecule has 17 heavy (non-hydrogen) atoms. The Morgan fingerprint density at radius 1 is 1.24 bits per heavy atom. The molecule has 2 heteroatoms. The maximum atomic E-state index is 6.02. The van der Waals surface area contributed by atoms with Gasteiger partial charge in [0, 0.05) is 12.3 Å². The highest BCUT2D eigenvalue weighted by molar-refractivity contribution is 5.47. The molecule has 0 N–H and O–H groups in total. The number of nitrogens with zero attached hydrogens (tertiary/aromatic N) is 1. The Kier molecular flexibility index (Phi) is 2.87. The summed E-state index contributed by atoms with van der Waals surface area (Å²) < 4.78 is 6.02. The maximum absolute atomic E-state index is 6.02. The van der Waals surface area contributed by atoms with Crippen LogP contribution in [-0.4, -0.2) is 11.1 Å². The standard InChI is InChI=1S/C15H19NO/c1-2-11-5-6-16-15(10-11)17-14-8-12-3-4-13(7-12)9-14/h2,5-6,10,12-14H,1,3-4,7-9H2/t12-,13+,14?. The van der Waals surface area contributed by atoms with Gasteiger partial charge in [0.2, 0.25) is 5.88 Å². The molecule has 0 amide bonds. The smallest absolute Gasteiger partial charge is 0.214 e. The van der Waals surface area contributed by atoms with Crippen LogP contribution >= 0.6 is 0 Å². The average Bonchev–Trinajstić information content (AvgIpc) is 2.69. The van der Waals surface area contributed by atoms with E-state index < -0.39 is 0 Å². The van der Waals surface area contributed by atoms with Crippen molar-refractivity contribution < 1.29 is 4.74 Å². The molecule has 1 aromatic heterocycles. The lowest BCUT2D eigenvalue weighted by Gasteiger charge is -2.27. The van der Waals surface area contributed by atoms with Gasteiger partial charge in [-0.15, -0.1) is 0 Å². The lowest BCUT2D eigenvalue weighted by Crippen LogP contribution is -2.26. The number of pyridine rings is 1. The van der Waals surface area contributed by atoms with Gasteiger partial charge in [-0.1, -0.05) is 25.5 Å². The van der Waals surface area contributed by atoms with Gasteiger partial charge in [0.05, 0.1) is 0 Å². The van der Waals surface area contributed by atoms with Crippen LogP contribution in [0.3, 0.4) is 0 Å². The van der Waals surface area contributed by atoms with Gasteiger partial charge in [-0.25, -0.2) is 4.98 Å². The molecule has 0 aliphatic heterocycles. The molecule has 0 saturated heterocycles. The first kappa shape index (κ1) is 10.8. The van der Waals surface area contributed by atoms with E-state index >= 15 is 0 Å². The predicted molar refractivity (Wildman–Crippen MR) is 68.8 cm³/mol. The summed E-state index contributed by atoms with van der Waals surface area (Å²) in [6, 6.07) is 3.92. The van der Waals surface area contributed by atoms with E-state index in [0.29, 0.717) is 6.10 Å². The summed E-state index contributed by atoms with van der Waals surface area (Å²) in [6.45, 7) is 3.77. The number of fused-ring (bicyclic) bond motifs is 2. The van der Waals surface area contributed by atoms with Gasteiger partial charge in [-0.3, -0.25) is 0 Å². The van der Waals surface area contributed by atoms with Crippen LogP contribution < -0.4 is 4.74 Å². The Morgan fingerprint density at radius 2 is 2.00 bits per heavy atom. The van der Waals surface area contributed by atoms with Crippen LogP contribution in [0.2, 0.25) is 0 Å². The summed E-state index contributed by atoms with van der Waals surface area (Å²) in [5.41, 5.74) is 1.08. The molecule has 2 aliphatic carbocycles. The summed E-state index contributed by atoms with van der Waals surface area (Å²) in [7, 11) is 0. The van der Waals surface area contributed by atoms with Crippen LogP contribution in [-0.2, 0) is 0 Å². The normalized spacial score (nSPS) is 31.2. The molecule has 3 rings (SSSR count). The zero-order valence-corrected chi connectivity index (χ0v) is 10.1. The van der Waals surface area contributed by atoms with Gasteiger partial charge in [-0.05, 0) is 42.7 Å². The van der Waals surface area contributed by atoms with Crippen LogP contribution in [0.25, 0.3) is 6.08 Å². The Morgan fingerprint density at radius 3 is 2.71 bits per heavy atom. The molecule has 90 valence electrons. The van der Waals surface area contributed by atoms with Crippen molar-refractivity contribution in [3.05, 3.63) is 30.5 Å². The summed E-state index contributed by atoms with van der Waals surface area (Å²) >= 11 is 0. The minimum Gasteiger partial charge on any atom is -0.474 e. The number of ether oxygens (including phenoxy) is 1. The molecule has 1 unspecified atom stereocenters. The number of rotatable bonds is 3. The maximum Gasteiger partial charge on any atom is 0.214 e. The molecule has 2 bridgehead atoms. The van der Waals surface area contributed by atoms with E-state index in [0.717, 1.165) is 23.3 Å². The Bertz CT molecular complexity index is 403. The molecule has 1 heterocycles. The monoisotopic (exact) mass is 229 g/mol. The first-order valence-corrected chi connectivity index (χ1v) is 6.58. The SMILES string of the molecule is C=Cc1ccnc(OC2C[C@H]3CC[C@@H](C2)C3)c1. The molecule has 2 aliphatic rings.